The van der Waals surface area contributed by atoms with E-state index in [-0.39, 0.29) is 47.4 Å². The zero-order valence-corrected chi connectivity index (χ0v) is 15.9. The summed E-state index contributed by atoms with van der Waals surface area (Å²) in [5.74, 6) is -0.527. The third-order valence-electron chi connectivity index (χ3n) is 4.23. The van der Waals surface area contributed by atoms with Crippen LogP contribution in [0.4, 0.5) is 0 Å². The summed E-state index contributed by atoms with van der Waals surface area (Å²) < 4.78 is 10.9. The molecule has 3 aromatic rings. The number of nitrogens with zero attached hydrogens (tertiary/aromatic N) is 2. The minimum atomic E-state index is -0.363. The molecule has 6 nitrogen and oxygen atoms in total. The van der Waals surface area contributed by atoms with Crippen LogP contribution in [0, 0.1) is 22.7 Å². The van der Waals surface area contributed by atoms with E-state index in [1.807, 2.05) is 12.1 Å². The van der Waals surface area contributed by atoms with Crippen LogP contribution < -0.4 is 9.47 Å². The predicted molar refractivity (Wildman–Crippen MR) is 108 cm³/mol. The Morgan fingerprint density at radius 3 is 1.43 bits per heavy atom. The van der Waals surface area contributed by atoms with Crippen LogP contribution in [0.15, 0.2) is 72.8 Å². The molecule has 0 saturated heterocycles. The molecule has 0 saturated carbocycles. The quantitative estimate of drug-likeness (QED) is 0.535. The van der Waals surface area contributed by atoms with Gasteiger partial charge in [-0.25, -0.2) is 0 Å². The molecule has 30 heavy (non-hydrogen) atoms. The Morgan fingerprint density at radius 2 is 1.07 bits per heavy atom. The number of ketones is 2. The van der Waals surface area contributed by atoms with Gasteiger partial charge in [-0.2, -0.15) is 10.5 Å². The van der Waals surface area contributed by atoms with Gasteiger partial charge in [-0.15, -0.1) is 0 Å². The fraction of sp³-hybridized carbons (Fsp3) is 0.0833. The van der Waals surface area contributed by atoms with Crippen LogP contribution in [0.25, 0.3) is 0 Å². The van der Waals surface area contributed by atoms with Crippen molar-refractivity contribution in [2.75, 3.05) is 13.2 Å². The number of rotatable bonds is 8. The van der Waals surface area contributed by atoms with Gasteiger partial charge in [-0.3, -0.25) is 9.59 Å². The molecule has 3 rings (SSSR count). The third kappa shape index (κ3) is 4.52. The summed E-state index contributed by atoms with van der Waals surface area (Å²) in [6, 6.07) is 23.5. The van der Waals surface area contributed by atoms with E-state index in [1.54, 1.807) is 60.7 Å². The fourth-order valence-corrected chi connectivity index (χ4v) is 2.86. The molecule has 0 aliphatic carbocycles. The van der Waals surface area contributed by atoms with Crippen molar-refractivity contribution in [3.63, 3.8) is 0 Å². The molecule has 0 heterocycles. The van der Waals surface area contributed by atoms with Gasteiger partial charge < -0.3 is 9.47 Å². The highest BCUT2D eigenvalue weighted by Gasteiger charge is 2.23. The Morgan fingerprint density at radius 1 is 0.667 bits per heavy atom. The number of hydrogen-bond donors (Lipinski definition) is 0. The highest BCUT2D eigenvalue weighted by molar-refractivity contribution is 6.15. The molecule has 3 aromatic carbocycles. The second-order valence-corrected chi connectivity index (χ2v) is 6.13. The number of carbonyl (C=O) groups excluding carboxylic acids is 2. The zero-order valence-electron chi connectivity index (χ0n) is 15.9. The number of ether oxygens (including phenoxy) is 2. The van der Waals surface area contributed by atoms with E-state index in [0.717, 1.165) is 0 Å². The Bertz CT molecular complexity index is 1050. The van der Waals surface area contributed by atoms with Gasteiger partial charge in [0.1, 0.15) is 23.6 Å². The van der Waals surface area contributed by atoms with Crippen molar-refractivity contribution in [3.05, 3.63) is 95.1 Å². The Hall–Kier alpha value is -4.42. The van der Waals surface area contributed by atoms with Crippen LogP contribution in [0.3, 0.4) is 0 Å². The summed E-state index contributed by atoms with van der Waals surface area (Å²) in [6.45, 7) is -0.586. The maximum Gasteiger partial charge on any atom is 0.196 e. The van der Waals surface area contributed by atoms with Crippen LogP contribution in [-0.4, -0.2) is 24.8 Å². The summed E-state index contributed by atoms with van der Waals surface area (Å²) in [5.41, 5.74) is 1.06. The van der Waals surface area contributed by atoms with Crippen molar-refractivity contribution in [3.8, 4) is 23.6 Å². The highest BCUT2D eigenvalue weighted by atomic mass is 16.5. The van der Waals surface area contributed by atoms with Crippen molar-refractivity contribution in [1.82, 2.24) is 0 Å². The maximum atomic E-state index is 13.1. The average Bonchev–Trinajstić information content (AvgIpc) is 2.81. The van der Waals surface area contributed by atoms with E-state index in [4.69, 9.17) is 20.0 Å². The van der Waals surface area contributed by atoms with Gasteiger partial charge >= 0.3 is 0 Å². The first-order chi connectivity index (χ1) is 14.7. The molecule has 0 bridgehead atoms. The van der Waals surface area contributed by atoms with E-state index in [9.17, 15) is 9.59 Å². The first kappa shape index (κ1) is 20.3. The third-order valence-corrected chi connectivity index (χ3v) is 4.23. The van der Waals surface area contributed by atoms with Crippen LogP contribution in [-0.2, 0) is 0 Å². The molecule has 0 amide bonds. The first-order valence-corrected chi connectivity index (χ1v) is 9.02. The van der Waals surface area contributed by atoms with Gasteiger partial charge in [0.15, 0.2) is 24.8 Å². The molecular formula is C24H16N2O4. The van der Waals surface area contributed by atoms with Crippen LogP contribution in [0.1, 0.15) is 31.8 Å². The lowest BCUT2D eigenvalue weighted by Crippen LogP contribution is -2.11. The molecule has 0 spiro atoms. The maximum absolute atomic E-state index is 13.1. The predicted octanol–water partition coefficient (Wildman–Crippen LogP) is 3.95. The second-order valence-electron chi connectivity index (χ2n) is 6.13. The number of carbonyl (C=O) groups is 2. The van der Waals surface area contributed by atoms with Crippen LogP contribution in [0.5, 0.6) is 11.5 Å². The number of hydrogen-bond acceptors (Lipinski definition) is 6. The number of nitriles is 2. The summed E-state index contributed by atoms with van der Waals surface area (Å²) in [4.78, 5) is 26.2. The Kier molecular flexibility index (Phi) is 6.55. The standard InChI is InChI=1S/C24H16N2O4/c25-11-13-29-21-16-22(30-14-12-26)20(24(28)18-9-5-2-6-10-18)15-19(21)23(27)17-7-3-1-4-8-17/h1-10,15-16H,13-14H2. The molecule has 0 aliphatic heterocycles. The van der Waals surface area contributed by atoms with E-state index >= 15 is 0 Å². The largest absolute Gasteiger partial charge is 0.478 e. The van der Waals surface area contributed by atoms with E-state index in [0.29, 0.717) is 11.1 Å². The molecule has 6 heteroatoms. The molecule has 0 aliphatic rings. The molecule has 0 N–H and O–H groups in total. The van der Waals surface area contributed by atoms with Gasteiger partial charge in [0.05, 0.1) is 11.1 Å². The molecule has 0 aromatic heterocycles. The fourth-order valence-electron chi connectivity index (χ4n) is 2.86. The van der Waals surface area contributed by atoms with E-state index in [2.05, 4.69) is 0 Å². The average molecular weight is 396 g/mol. The summed E-state index contributed by atoms with van der Waals surface area (Å²) in [5, 5.41) is 17.8. The summed E-state index contributed by atoms with van der Waals surface area (Å²) in [6.07, 6.45) is 0. The van der Waals surface area contributed by atoms with Gasteiger partial charge in [0, 0.05) is 17.2 Å². The SMILES string of the molecule is N#CCOc1cc(OCC#N)c(C(=O)c2ccccc2)cc1C(=O)c1ccccc1. The summed E-state index contributed by atoms with van der Waals surface area (Å²) >= 11 is 0. The van der Waals surface area contributed by atoms with Crippen LogP contribution in [0.2, 0.25) is 0 Å². The molecule has 0 atom stereocenters. The molecule has 0 fully saturated rings. The highest BCUT2D eigenvalue weighted by Crippen LogP contribution is 2.32. The summed E-state index contributed by atoms with van der Waals surface area (Å²) in [7, 11) is 0. The topological polar surface area (TPSA) is 100 Å². The van der Waals surface area contributed by atoms with Crippen molar-refractivity contribution < 1.29 is 19.1 Å². The lowest BCUT2D eigenvalue weighted by Gasteiger charge is -2.15. The van der Waals surface area contributed by atoms with Crippen molar-refractivity contribution >= 4 is 11.6 Å². The van der Waals surface area contributed by atoms with Gasteiger partial charge in [-0.1, -0.05) is 60.7 Å². The lowest BCUT2D eigenvalue weighted by molar-refractivity contribution is 0.103. The van der Waals surface area contributed by atoms with Gasteiger partial charge in [0.2, 0.25) is 0 Å². The van der Waals surface area contributed by atoms with Crippen LogP contribution >= 0.6 is 0 Å². The molecule has 146 valence electrons. The minimum absolute atomic E-state index is 0.1000. The van der Waals surface area contributed by atoms with E-state index < -0.39 is 0 Å². The molecular weight excluding hydrogens is 380 g/mol. The Labute approximate surface area is 173 Å². The van der Waals surface area contributed by atoms with Crippen molar-refractivity contribution in [1.29, 1.82) is 10.5 Å². The van der Waals surface area contributed by atoms with Gasteiger partial charge in [0.25, 0.3) is 0 Å². The Balaban J connectivity index is 2.16. The minimum Gasteiger partial charge on any atom is -0.478 e. The second kappa shape index (κ2) is 9.68. The normalized spacial score (nSPS) is 9.80. The van der Waals surface area contributed by atoms with Crippen molar-refractivity contribution in [2.45, 2.75) is 0 Å². The van der Waals surface area contributed by atoms with Crippen molar-refractivity contribution in [2.24, 2.45) is 0 Å². The molecule has 0 unspecified atom stereocenters. The smallest absolute Gasteiger partial charge is 0.196 e. The zero-order chi connectivity index (χ0) is 21.3. The monoisotopic (exact) mass is 396 g/mol. The lowest BCUT2D eigenvalue weighted by atomic mass is 9.95. The number of benzene rings is 3. The van der Waals surface area contributed by atoms with Gasteiger partial charge in [-0.05, 0) is 6.07 Å². The first-order valence-electron chi connectivity index (χ1n) is 9.02. The molecule has 0 radical (unpaired) electrons. The van der Waals surface area contributed by atoms with E-state index in [1.165, 1.54) is 12.1 Å².